The number of nitrogens with zero attached hydrogens (tertiary/aromatic N) is 2. The number of phenolic OH excluding ortho intramolecular Hbond substituents is 1. The number of rotatable bonds is 2. The molecule has 4 aromatic rings. The van der Waals surface area contributed by atoms with Crippen LogP contribution in [0.1, 0.15) is 5.56 Å². The molecule has 0 atom stereocenters. The van der Waals surface area contributed by atoms with Crippen LogP contribution in [0.15, 0.2) is 73.8 Å². The molecule has 0 spiro atoms. The van der Waals surface area contributed by atoms with Crippen molar-refractivity contribution in [2.45, 2.75) is 0 Å². The molecule has 128 valence electrons. The zero-order chi connectivity index (χ0) is 18.3. The van der Waals surface area contributed by atoms with Crippen molar-refractivity contribution in [1.82, 2.24) is 9.66 Å². The van der Waals surface area contributed by atoms with Gasteiger partial charge in [-0.1, -0.05) is 52.3 Å². The highest BCUT2D eigenvalue weighted by molar-refractivity contribution is 9.10. The molecule has 0 fully saturated rings. The third-order valence-corrected chi connectivity index (χ3v) is 4.75. The number of aromatic amines is 1. The van der Waals surface area contributed by atoms with E-state index in [0.29, 0.717) is 21.9 Å². The molecule has 2 N–H and O–H groups in total. The molecule has 0 bridgehead atoms. The minimum absolute atomic E-state index is 0.0258. The van der Waals surface area contributed by atoms with Crippen molar-refractivity contribution >= 4 is 43.8 Å². The lowest BCUT2D eigenvalue weighted by atomic mass is 10.1. The zero-order valence-electron chi connectivity index (χ0n) is 13.3. The van der Waals surface area contributed by atoms with Gasteiger partial charge < -0.3 is 10.1 Å². The Balaban J connectivity index is 1.89. The predicted molar refractivity (Wildman–Crippen MR) is 105 cm³/mol. The van der Waals surface area contributed by atoms with E-state index in [2.05, 4.69) is 26.0 Å². The lowest BCUT2D eigenvalue weighted by Crippen LogP contribution is -2.32. The lowest BCUT2D eigenvalue weighted by molar-refractivity contribution is 0.480. The number of para-hydroxylation sites is 1. The van der Waals surface area contributed by atoms with Gasteiger partial charge in [0.05, 0.1) is 17.1 Å². The molecule has 0 radical (unpaired) electrons. The molecule has 0 saturated carbocycles. The van der Waals surface area contributed by atoms with Crippen molar-refractivity contribution in [2.24, 2.45) is 5.10 Å². The lowest BCUT2D eigenvalue weighted by Gasteiger charge is -2.07. The van der Waals surface area contributed by atoms with Gasteiger partial charge in [0.2, 0.25) is 0 Å². The van der Waals surface area contributed by atoms with Gasteiger partial charge in [0.15, 0.2) is 0 Å². The molecule has 0 aliphatic rings. The van der Waals surface area contributed by atoms with E-state index in [1.807, 2.05) is 18.2 Å². The zero-order valence-corrected chi connectivity index (χ0v) is 14.9. The van der Waals surface area contributed by atoms with Crippen molar-refractivity contribution in [3.63, 3.8) is 0 Å². The summed E-state index contributed by atoms with van der Waals surface area (Å²) in [5, 5.41) is 16.3. The third kappa shape index (κ3) is 2.62. The molecular formula is C19H12BrN3O3. The monoisotopic (exact) mass is 409 g/mol. The molecule has 1 heterocycles. The highest BCUT2D eigenvalue weighted by atomic mass is 79.9. The fourth-order valence-electron chi connectivity index (χ4n) is 2.81. The standard InChI is InChI=1S/C19H12BrN3O3/c20-15-9-11(17(24)13-6-2-1-5-12(13)15)10-21-23-18(25)14-7-3-4-8-16(14)22-19(23)26/h1-10,24H,(H,22,26). The molecule has 1 aromatic heterocycles. The van der Waals surface area contributed by atoms with Crippen molar-refractivity contribution in [3.8, 4) is 5.75 Å². The van der Waals surface area contributed by atoms with Gasteiger partial charge in [-0.15, -0.1) is 4.68 Å². The number of aromatic nitrogens is 2. The molecule has 4 rings (SSSR count). The molecule has 0 aliphatic carbocycles. The van der Waals surface area contributed by atoms with Crippen LogP contribution in [0.3, 0.4) is 0 Å². The Kier molecular flexibility index (Phi) is 3.93. The normalized spacial score (nSPS) is 11.6. The average Bonchev–Trinajstić information content (AvgIpc) is 2.65. The number of hydrogen-bond acceptors (Lipinski definition) is 4. The Morgan fingerprint density at radius 3 is 2.42 bits per heavy atom. The molecular weight excluding hydrogens is 398 g/mol. The smallest absolute Gasteiger partial charge is 0.349 e. The first-order chi connectivity index (χ1) is 12.6. The van der Waals surface area contributed by atoms with E-state index in [1.54, 1.807) is 36.4 Å². The van der Waals surface area contributed by atoms with Gasteiger partial charge in [-0.25, -0.2) is 4.79 Å². The van der Waals surface area contributed by atoms with Crippen molar-refractivity contribution in [2.75, 3.05) is 0 Å². The first-order valence-corrected chi connectivity index (χ1v) is 8.54. The maximum atomic E-state index is 12.5. The van der Waals surface area contributed by atoms with Crippen LogP contribution in [0.5, 0.6) is 5.75 Å². The van der Waals surface area contributed by atoms with Crippen LogP contribution in [-0.4, -0.2) is 21.0 Å². The van der Waals surface area contributed by atoms with Gasteiger partial charge in [0.1, 0.15) is 5.75 Å². The van der Waals surface area contributed by atoms with Gasteiger partial charge >= 0.3 is 5.69 Å². The molecule has 0 aliphatic heterocycles. The summed E-state index contributed by atoms with van der Waals surface area (Å²) in [7, 11) is 0. The maximum Gasteiger partial charge on any atom is 0.349 e. The van der Waals surface area contributed by atoms with Gasteiger partial charge in [-0.2, -0.15) is 5.10 Å². The summed E-state index contributed by atoms with van der Waals surface area (Å²) in [4.78, 5) is 27.3. The van der Waals surface area contributed by atoms with Gasteiger partial charge in [-0.05, 0) is 23.6 Å². The van der Waals surface area contributed by atoms with E-state index < -0.39 is 11.2 Å². The van der Waals surface area contributed by atoms with Crippen LogP contribution in [-0.2, 0) is 0 Å². The topological polar surface area (TPSA) is 87.5 Å². The first kappa shape index (κ1) is 16.3. The van der Waals surface area contributed by atoms with Crippen LogP contribution in [0.25, 0.3) is 21.7 Å². The van der Waals surface area contributed by atoms with Crippen molar-refractivity contribution < 1.29 is 5.11 Å². The number of benzene rings is 3. The summed E-state index contributed by atoms with van der Waals surface area (Å²) >= 11 is 3.46. The second kappa shape index (κ2) is 6.27. The number of nitrogens with one attached hydrogen (secondary N) is 1. The van der Waals surface area contributed by atoms with E-state index >= 15 is 0 Å². The summed E-state index contributed by atoms with van der Waals surface area (Å²) in [5.41, 5.74) is -0.343. The fourth-order valence-corrected chi connectivity index (χ4v) is 3.40. The predicted octanol–water partition coefficient (Wildman–Crippen LogP) is 3.19. The third-order valence-electron chi connectivity index (χ3n) is 4.09. The number of aromatic hydroxyl groups is 1. The summed E-state index contributed by atoms with van der Waals surface area (Å²) in [6.45, 7) is 0. The number of halogens is 1. The Morgan fingerprint density at radius 2 is 1.65 bits per heavy atom. The molecule has 26 heavy (non-hydrogen) atoms. The van der Waals surface area contributed by atoms with Gasteiger partial charge in [0.25, 0.3) is 5.56 Å². The number of phenols is 1. The first-order valence-electron chi connectivity index (χ1n) is 7.75. The number of fused-ring (bicyclic) bond motifs is 2. The minimum atomic E-state index is -0.649. The van der Waals surface area contributed by atoms with E-state index in [9.17, 15) is 14.7 Å². The molecule has 0 amide bonds. The van der Waals surface area contributed by atoms with Crippen molar-refractivity contribution in [3.05, 3.63) is 85.5 Å². The van der Waals surface area contributed by atoms with Crippen LogP contribution < -0.4 is 11.2 Å². The quantitative estimate of drug-likeness (QED) is 0.498. The van der Waals surface area contributed by atoms with Crippen LogP contribution in [0, 0.1) is 0 Å². The minimum Gasteiger partial charge on any atom is -0.507 e. The molecule has 7 heteroatoms. The molecule has 6 nitrogen and oxygen atoms in total. The Bertz CT molecular complexity index is 1310. The second-order valence-electron chi connectivity index (χ2n) is 5.68. The van der Waals surface area contributed by atoms with E-state index in [0.717, 1.165) is 14.5 Å². The molecule has 0 saturated heterocycles. The second-order valence-corrected chi connectivity index (χ2v) is 6.53. The van der Waals surface area contributed by atoms with Crippen LogP contribution >= 0.6 is 15.9 Å². The Labute approximate surface area is 155 Å². The summed E-state index contributed by atoms with van der Waals surface area (Å²) in [6.07, 6.45) is 1.29. The molecule has 0 unspecified atom stereocenters. The summed E-state index contributed by atoms with van der Waals surface area (Å²) in [6, 6.07) is 15.7. The average molecular weight is 410 g/mol. The van der Waals surface area contributed by atoms with E-state index in [4.69, 9.17) is 0 Å². The molecule has 3 aromatic carbocycles. The highest BCUT2D eigenvalue weighted by Gasteiger charge is 2.10. The largest absolute Gasteiger partial charge is 0.507 e. The summed E-state index contributed by atoms with van der Waals surface area (Å²) in [5.74, 6) is 0.0258. The summed E-state index contributed by atoms with van der Waals surface area (Å²) < 4.78 is 1.51. The van der Waals surface area contributed by atoms with Crippen molar-refractivity contribution in [1.29, 1.82) is 0 Å². The SMILES string of the molecule is O=c1[nH]c2ccccc2c(=O)n1N=Cc1cc(Br)c2ccccc2c1O. The van der Waals surface area contributed by atoms with Crippen LogP contribution in [0.2, 0.25) is 0 Å². The van der Waals surface area contributed by atoms with E-state index in [1.165, 1.54) is 6.21 Å². The maximum absolute atomic E-state index is 12.5. The van der Waals surface area contributed by atoms with Gasteiger partial charge in [-0.3, -0.25) is 4.79 Å². The Hall–Kier alpha value is -3.19. The number of hydrogen-bond donors (Lipinski definition) is 2. The number of H-pyrrole nitrogens is 1. The van der Waals surface area contributed by atoms with E-state index in [-0.39, 0.29) is 5.75 Å². The fraction of sp³-hybridized carbons (Fsp3) is 0. The highest BCUT2D eigenvalue weighted by Crippen LogP contribution is 2.33. The Morgan fingerprint density at radius 1 is 1.00 bits per heavy atom. The van der Waals surface area contributed by atoms with Gasteiger partial charge in [0, 0.05) is 15.4 Å². The van der Waals surface area contributed by atoms with Crippen LogP contribution in [0.4, 0.5) is 0 Å².